The van der Waals surface area contributed by atoms with E-state index in [0.717, 1.165) is 38.8 Å². The molecular weight excluding hydrogens is 334 g/mol. The minimum absolute atomic E-state index is 0.754. The van der Waals surface area contributed by atoms with Gasteiger partial charge in [-0.3, -0.25) is 4.98 Å². The Balaban J connectivity index is 2.00. The Kier molecular flexibility index (Phi) is 3.57. The number of benzene rings is 3. The van der Waals surface area contributed by atoms with Gasteiger partial charge >= 0.3 is 0 Å². The predicted octanol–water partition coefficient (Wildman–Crippen LogP) is 4.86. The fourth-order valence-corrected chi connectivity index (χ4v) is 3.20. The standard InChI is InChI=1S/C22H17N5/c1-15-10-12-16(13-11-15)21-22-24-19-8-4-3-7-18(19)23-14-17-6-2-5-9-20(17)27(22)26-25-21/h2-14,26H,1H3. The molecule has 0 aliphatic rings. The number of aromatic nitrogens is 5. The number of fused-ring (bicyclic) bond motifs is 4. The van der Waals surface area contributed by atoms with Gasteiger partial charge in [0.1, 0.15) is 5.69 Å². The summed E-state index contributed by atoms with van der Waals surface area (Å²) in [6.45, 7) is 2.08. The number of nitrogens with one attached hydrogen (secondary N) is 1. The second-order valence-electron chi connectivity index (χ2n) is 6.50. The highest BCUT2D eigenvalue weighted by Crippen LogP contribution is 2.23. The first-order valence-corrected chi connectivity index (χ1v) is 8.81. The summed E-state index contributed by atoms with van der Waals surface area (Å²) in [5, 5.41) is 8.71. The van der Waals surface area contributed by atoms with Crippen LogP contribution in [0.15, 0.2) is 79.0 Å². The lowest BCUT2D eigenvalue weighted by atomic mass is 10.1. The molecule has 5 rings (SSSR count). The van der Waals surface area contributed by atoms with Crippen molar-refractivity contribution < 1.29 is 0 Å². The van der Waals surface area contributed by atoms with E-state index in [4.69, 9.17) is 4.98 Å². The highest BCUT2D eigenvalue weighted by molar-refractivity contribution is 5.85. The van der Waals surface area contributed by atoms with Crippen molar-refractivity contribution in [1.29, 1.82) is 0 Å². The lowest BCUT2D eigenvalue weighted by Crippen LogP contribution is -1.89. The van der Waals surface area contributed by atoms with E-state index >= 15 is 0 Å². The summed E-state index contributed by atoms with van der Waals surface area (Å²) in [6.07, 6.45) is 1.87. The van der Waals surface area contributed by atoms with Crippen molar-refractivity contribution in [2.24, 2.45) is 0 Å². The van der Waals surface area contributed by atoms with Crippen molar-refractivity contribution in [1.82, 2.24) is 24.8 Å². The predicted molar refractivity (Wildman–Crippen MR) is 108 cm³/mol. The Labute approximate surface area is 155 Å². The Bertz CT molecular complexity index is 1330. The molecule has 2 heterocycles. The third kappa shape index (κ3) is 2.69. The van der Waals surface area contributed by atoms with Crippen molar-refractivity contribution in [3.8, 4) is 11.3 Å². The zero-order valence-corrected chi connectivity index (χ0v) is 14.8. The minimum Gasteiger partial charge on any atom is -0.254 e. The molecule has 0 spiro atoms. The molecule has 0 radical (unpaired) electrons. The van der Waals surface area contributed by atoms with Gasteiger partial charge in [0.2, 0.25) is 0 Å². The van der Waals surface area contributed by atoms with Crippen molar-refractivity contribution >= 4 is 27.6 Å². The highest BCUT2D eigenvalue weighted by atomic mass is 15.4. The molecule has 0 amide bonds. The largest absolute Gasteiger partial charge is 0.254 e. The molecular formula is C22H17N5. The molecule has 0 aliphatic carbocycles. The van der Waals surface area contributed by atoms with Crippen LogP contribution in [0.4, 0.5) is 0 Å². The second kappa shape index (κ2) is 6.21. The van der Waals surface area contributed by atoms with Crippen LogP contribution in [-0.2, 0) is 0 Å². The average Bonchev–Trinajstić information content (AvgIpc) is 3.13. The summed E-state index contributed by atoms with van der Waals surface area (Å²) in [5.41, 5.74) is 6.39. The molecule has 0 saturated heterocycles. The van der Waals surface area contributed by atoms with E-state index in [-0.39, 0.29) is 0 Å². The molecule has 3 aromatic carbocycles. The minimum atomic E-state index is 0.754. The fourth-order valence-electron chi connectivity index (χ4n) is 3.20. The number of para-hydroxylation sites is 3. The van der Waals surface area contributed by atoms with Crippen molar-refractivity contribution in [3.63, 3.8) is 0 Å². The summed E-state index contributed by atoms with van der Waals surface area (Å²) < 4.78 is 1.92. The van der Waals surface area contributed by atoms with Crippen LogP contribution in [0, 0.1) is 6.92 Å². The molecule has 0 unspecified atom stereocenters. The molecule has 5 nitrogen and oxygen atoms in total. The highest BCUT2D eigenvalue weighted by Gasteiger charge is 2.10. The van der Waals surface area contributed by atoms with E-state index in [1.54, 1.807) is 0 Å². The molecule has 1 N–H and O–H groups in total. The smallest absolute Gasteiger partial charge is 0.182 e. The maximum absolute atomic E-state index is 4.94. The fraction of sp³-hybridized carbons (Fsp3) is 0.0455. The summed E-state index contributed by atoms with van der Waals surface area (Å²) >= 11 is 0. The number of hydrogen-bond acceptors (Lipinski definition) is 3. The van der Waals surface area contributed by atoms with Gasteiger partial charge in [0.25, 0.3) is 0 Å². The van der Waals surface area contributed by atoms with Gasteiger partial charge in [0.15, 0.2) is 5.65 Å². The Morgan fingerprint density at radius 2 is 1.56 bits per heavy atom. The third-order valence-electron chi connectivity index (χ3n) is 4.64. The van der Waals surface area contributed by atoms with E-state index in [1.165, 1.54) is 5.56 Å². The van der Waals surface area contributed by atoms with E-state index in [9.17, 15) is 0 Å². The number of rotatable bonds is 1. The van der Waals surface area contributed by atoms with E-state index in [0.29, 0.717) is 0 Å². The monoisotopic (exact) mass is 351 g/mol. The van der Waals surface area contributed by atoms with Crippen molar-refractivity contribution in [2.45, 2.75) is 6.92 Å². The van der Waals surface area contributed by atoms with Gasteiger partial charge in [-0.2, -0.15) is 5.10 Å². The van der Waals surface area contributed by atoms with Crippen molar-refractivity contribution in [2.75, 3.05) is 0 Å². The molecule has 0 bridgehead atoms. The zero-order valence-electron chi connectivity index (χ0n) is 14.8. The first-order valence-electron chi connectivity index (χ1n) is 8.81. The van der Waals surface area contributed by atoms with Gasteiger partial charge in [-0.05, 0) is 25.1 Å². The number of aryl methyl sites for hydroxylation is 1. The maximum Gasteiger partial charge on any atom is 0.182 e. The molecule has 130 valence electrons. The van der Waals surface area contributed by atoms with Crippen LogP contribution in [0.5, 0.6) is 0 Å². The molecule has 5 heteroatoms. The van der Waals surface area contributed by atoms with Crippen molar-refractivity contribution in [3.05, 3.63) is 84.6 Å². The summed E-state index contributed by atoms with van der Waals surface area (Å²) in [4.78, 5) is 9.59. The number of H-pyrrole nitrogens is 1. The average molecular weight is 351 g/mol. The summed E-state index contributed by atoms with van der Waals surface area (Å²) in [7, 11) is 0. The SMILES string of the molecule is Cc1ccc(-c2n[nH]n3c2nc2ccccc2ncc2ccccc23)cc1. The second-order valence-corrected chi connectivity index (χ2v) is 6.50. The molecule has 2 aromatic heterocycles. The normalized spacial score (nSPS) is 11.1. The Hall–Kier alpha value is -3.73. The summed E-state index contributed by atoms with van der Waals surface area (Å²) in [6, 6.07) is 24.3. The van der Waals surface area contributed by atoms with Crippen LogP contribution in [0.1, 0.15) is 5.56 Å². The van der Waals surface area contributed by atoms with Crippen LogP contribution in [-0.4, -0.2) is 24.8 Å². The zero-order chi connectivity index (χ0) is 18.2. The Morgan fingerprint density at radius 3 is 2.41 bits per heavy atom. The molecule has 0 saturated carbocycles. The van der Waals surface area contributed by atoms with Gasteiger partial charge < -0.3 is 0 Å². The molecule has 5 aromatic rings. The first kappa shape index (κ1) is 15.5. The maximum atomic E-state index is 4.94. The lowest BCUT2D eigenvalue weighted by molar-refractivity contribution is 0.880. The van der Waals surface area contributed by atoms with Crippen LogP contribution < -0.4 is 0 Å². The van der Waals surface area contributed by atoms with Gasteiger partial charge in [0.05, 0.1) is 16.6 Å². The number of aromatic amines is 1. The van der Waals surface area contributed by atoms with E-state index in [2.05, 4.69) is 46.5 Å². The number of nitrogens with zero attached hydrogens (tertiary/aromatic N) is 4. The topological polar surface area (TPSA) is 58.9 Å². The number of hydrogen-bond donors (Lipinski definition) is 1. The van der Waals surface area contributed by atoms with Crippen LogP contribution >= 0.6 is 0 Å². The first-order chi connectivity index (χ1) is 13.3. The molecule has 0 fully saturated rings. The third-order valence-corrected chi connectivity index (χ3v) is 4.64. The van der Waals surface area contributed by atoms with Gasteiger partial charge in [0, 0.05) is 17.1 Å². The summed E-state index contributed by atoms with van der Waals surface area (Å²) in [5.74, 6) is 0. The van der Waals surface area contributed by atoms with Crippen LogP contribution in [0.3, 0.4) is 0 Å². The van der Waals surface area contributed by atoms with Crippen LogP contribution in [0.25, 0.3) is 38.8 Å². The van der Waals surface area contributed by atoms with Gasteiger partial charge in [-0.1, -0.05) is 60.2 Å². The van der Waals surface area contributed by atoms with Gasteiger partial charge in [-0.15, -0.1) is 0 Å². The van der Waals surface area contributed by atoms with Crippen LogP contribution in [0.2, 0.25) is 0 Å². The lowest BCUT2D eigenvalue weighted by Gasteiger charge is -1.99. The van der Waals surface area contributed by atoms with E-state index < -0.39 is 0 Å². The van der Waals surface area contributed by atoms with E-state index in [1.807, 2.05) is 59.2 Å². The molecule has 0 atom stereocenters. The Morgan fingerprint density at radius 1 is 0.815 bits per heavy atom. The van der Waals surface area contributed by atoms with Gasteiger partial charge in [-0.25, -0.2) is 14.7 Å². The quantitative estimate of drug-likeness (QED) is 0.469. The molecule has 27 heavy (non-hydrogen) atoms. The molecule has 0 aliphatic heterocycles.